The molecule has 0 radical (unpaired) electrons. The monoisotopic (exact) mass is 395 g/mol. The Kier molecular flexibility index (Phi) is 4.77. The molecule has 0 saturated heterocycles. The highest BCUT2D eigenvalue weighted by Gasteiger charge is 2.31. The summed E-state index contributed by atoms with van der Waals surface area (Å²) in [6, 6.07) is 16.4. The summed E-state index contributed by atoms with van der Waals surface area (Å²) in [5.41, 5.74) is 3.07. The second-order valence-electron chi connectivity index (χ2n) is 6.96. The summed E-state index contributed by atoms with van der Waals surface area (Å²) >= 11 is 0. The first-order chi connectivity index (χ1) is 13.5. The molecule has 1 aliphatic heterocycles. The number of fused-ring (bicyclic) bond motifs is 1. The number of carbonyl (C=O) groups is 1. The van der Waals surface area contributed by atoms with Crippen LogP contribution in [0.5, 0.6) is 0 Å². The third-order valence-corrected chi connectivity index (χ3v) is 6.95. The van der Waals surface area contributed by atoms with Gasteiger partial charge in [0.1, 0.15) is 0 Å². The van der Waals surface area contributed by atoms with Crippen molar-refractivity contribution in [3.63, 3.8) is 0 Å². The van der Waals surface area contributed by atoms with Gasteiger partial charge < -0.3 is 5.32 Å². The highest BCUT2D eigenvalue weighted by atomic mass is 32.2. The van der Waals surface area contributed by atoms with Gasteiger partial charge in [-0.25, -0.2) is 8.42 Å². The molecule has 0 spiro atoms. The summed E-state index contributed by atoms with van der Waals surface area (Å²) in [5.74, 6) is -0.211. The van der Waals surface area contributed by atoms with Crippen molar-refractivity contribution in [3.05, 3.63) is 83.2 Å². The molecule has 0 fully saturated rings. The van der Waals surface area contributed by atoms with Crippen LogP contribution in [0.4, 0.5) is 0 Å². The SMILES string of the molecule is Cn1ncc(C(=O)NC2CCS(=O)(=O)c3ccccc32)c1Cc1ccccc1. The first-order valence-corrected chi connectivity index (χ1v) is 10.8. The fourth-order valence-corrected chi connectivity index (χ4v) is 5.25. The summed E-state index contributed by atoms with van der Waals surface area (Å²) in [6.45, 7) is 0. The van der Waals surface area contributed by atoms with Gasteiger partial charge in [-0.2, -0.15) is 5.10 Å². The first-order valence-electron chi connectivity index (χ1n) is 9.13. The van der Waals surface area contributed by atoms with Crippen molar-refractivity contribution < 1.29 is 13.2 Å². The maximum Gasteiger partial charge on any atom is 0.255 e. The number of nitrogens with zero attached hydrogens (tertiary/aromatic N) is 2. The number of sulfone groups is 1. The van der Waals surface area contributed by atoms with Crippen molar-refractivity contribution in [1.82, 2.24) is 15.1 Å². The molecule has 0 saturated carbocycles. The Hall–Kier alpha value is -2.93. The quantitative estimate of drug-likeness (QED) is 0.736. The van der Waals surface area contributed by atoms with Crippen LogP contribution in [0.15, 0.2) is 65.7 Å². The Morgan fingerprint density at radius 2 is 1.86 bits per heavy atom. The molecular formula is C21H21N3O3S. The maximum absolute atomic E-state index is 13.0. The van der Waals surface area contributed by atoms with Crippen LogP contribution in [-0.2, 0) is 23.3 Å². The zero-order valence-electron chi connectivity index (χ0n) is 15.5. The van der Waals surface area contributed by atoms with E-state index in [9.17, 15) is 13.2 Å². The summed E-state index contributed by atoms with van der Waals surface area (Å²) in [5, 5.41) is 7.27. The van der Waals surface area contributed by atoms with Gasteiger partial charge in [0.05, 0.1) is 34.1 Å². The smallest absolute Gasteiger partial charge is 0.255 e. The summed E-state index contributed by atoms with van der Waals surface area (Å²) < 4.78 is 26.3. The third kappa shape index (κ3) is 3.45. The van der Waals surface area contributed by atoms with Gasteiger partial charge in [-0.15, -0.1) is 0 Å². The predicted molar refractivity (Wildman–Crippen MR) is 106 cm³/mol. The van der Waals surface area contributed by atoms with E-state index in [4.69, 9.17) is 0 Å². The standard InChI is InChI=1S/C21H21N3O3S/c1-24-19(13-15-7-3-2-4-8-15)17(14-22-24)21(25)23-18-11-12-28(26,27)20-10-6-5-9-16(18)20/h2-10,14,18H,11-13H2,1H3,(H,23,25). The van der Waals surface area contributed by atoms with E-state index in [1.165, 1.54) is 0 Å². The van der Waals surface area contributed by atoms with Crippen LogP contribution in [0.25, 0.3) is 0 Å². The highest BCUT2D eigenvalue weighted by Crippen LogP contribution is 2.32. The van der Waals surface area contributed by atoms with Crippen LogP contribution in [0.2, 0.25) is 0 Å². The van der Waals surface area contributed by atoms with Crippen LogP contribution in [0.3, 0.4) is 0 Å². The van der Waals surface area contributed by atoms with E-state index < -0.39 is 9.84 Å². The molecule has 0 aliphatic carbocycles. The van der Waals surface area contributed by atoms with Crippen molar-refractivity contribution >= 4 is 15.7 Å². The predicted octanol–water partition coefficient (Wildman–Crippen LogP) is 2.66. The molecule has 28 heavy (non-hydrogen) atoms. The number of aryl methyl sites for hydroxylation is 1. The Labute approximate surface area is 164 Å². The van der Waals surface area contributed by atoms with E-state index >= 15 is 0 Å². The Bertz CT molecular complexity index is 1120. The molecular weight excluding hydrogens is 374 g/mol. The van der Waals surface area contributed by atoms with Crippen molar-refractivity contribution in [2.45, 2.75) is 23.8 Å². The third-order valence-electron chi connectivity index (χ3n) is 5.13. The van der Waals surface area contributed by atoms with E-state index in [2.05, 4.69) is 10.4 Å². The number of hydrogen-bond acceptors (Lipinski definition) is 4. The molecule has 144 valence electrons. The molecule has 1 N–H and O–H groups in total. The van der Waals surface area contributed by atoms with Gasteiger partial charge in [-0.1, -0.05) is 48.5 Å². The van der Waals surface area contributed by atoms with Crippen LogP contribution >= 0.6 is 0 Å². The van der Waals surface area contributed by atoms with E-state index in [0.29, 0.717) is 28.9 Å². The molecule has 1 unspecified atom stereocenters. The van der Waals surface area contributed by atoms with Crippen LogP contribution in [0, 0.1) is 0 Å². The van der Waals surface area contributed by atoms with Crippen molar-refractivity contribution in [1.29, 1.82) is 0 Å². The van der Waals surface area contributed by atoms with Crippen molar-refractivity contribution in [3.8, 4) is 0 Å². The lowest BCUT2D eigenvalue weighted by molar-refractivity contribution is 0.0933. The zero-order valence-corrected chi connectivity index (χ0v) is 16.3. The lowest BCUT2D eigenvalue weighted by Crippen LogP contribution is -2.34. The molecule has 2 aromatic carbocycles. The van der Waals surface area contributed by atoms with E-state index in [-0.39, 0.29) is 17.7 Å². The molecule has 0 bridgehead atoms. The van der Waals surface area contributed by atoms with Gasteiger partial charge in [-0.3, -0.25) is 9.48 Å². The molecule has 7 heteroatoms. The Morgan fingerprint density at radius 1 is 1.14 bits per heavy atom. The fraction of sp³-hybridized carbons (Fsp3) is 0.238. The molecule has 1 aliphatic rings. The van der Waals surface area contributed by atoms with Crippen LogP contribution in [0.1, 0.15) is 39.6 Å². The molecule has 1 aromatic heterocycles. The lowest BCUT2D eigenvalue weighted by atomic mass is 10.0. The number of benzene rings is 2. The first kappa shape index (κ1) is 18.4. The molecule has 2 heterocycles. The number of aromatic nitrogens is 2. The van der Waals surface area contributed by atoms with Gasteiger partial charge in [0, 0.05) is 13.5 Å². The molecule has 6 nitrogen and oxygen atoms in total. The van der Waals surface area contributed by atoms with Crippen molar-refractivity contribution in [2.24, 2.45) is 7.05 Å². The highest BCUT2D eigenvalue weighted by molar-refractivity contribution is 7.91. The maximum atomic E-state index is 13.0. The van der Waals surface area contributed by atoms with Gasteiger partial charge in [-0.05, 0) is 23.6 Å². The normalized spacial score (nSPS) is 17.7. The average Bonchev–Trinajstić information content (AvgIpc) is 3.06. The summed E-state index contributed by atoms with van der Waals surface area (Å²) in [4.78, 5) is 13.3. The number of amides is 1. The molecule has 4 rings (SSSR count). The lowest BCUT2D eigenvalue weighted by Gasteiger charge is -2.26. The fourth-order valence-electron chi connectivity index (χ4n) is 3.63. The second kappa shape index (κ2) is 7.24. The van der Waals surface area contributed by atoms with E-state index in [1.807, 2.05) is 37.4 Å². The largest absolute Gasteiger partial charge is 0.345 e. The van der Waals surface area contributed by atoms with Crippen LogP contribution < -0.4 is 5.32 Å². The summed E-state index contributed by atoms with van der Waals surface area (Å²) in [6.07, 6.45) is 2.52. The topological polar surface area (TPSA) is 81.1 Å². The average molecular weight is 395 g/mol. The minimum atomic E-state index is -3.29. The Balaban J connectivity index is 1.60. The Morgan fingerprint density at radius 3 is 2.64 bits per heavy atom. The number of nitrogens with one attached hydrogen (secondary N) is 1. The molecule has 1 atom stereocenters. The minimum absolute atomic E-state index is 0.0267. The van der Waals surface area contributed by atoms with E-state index in [0.717, 1.165) is 11.3 Å². The number of hydrogen-bond donors (Lipinski definition) is 1. The van der Waals surface area contributed by atoms with Crippen LogP contribution in [-0.4, -0.2) is 29.9 Å². The second-order valence-corrected chi connectivity index (χ2v) is 9.04. The van der Waals surface area contributed by atoms with Gasteiger partial charge in [0.25, 0.3) is 5.91 Å². The van der Waals surface area contributed by atoms with Gasteiger partial charge in [0.2, 0.25) is 0 Å². The van der Waals surface area contributed by atoms with Gasteiger partial charge >= 0.3 is 0 Å². The van der Waals surface area contributed by atoms with E-state index in [1.54, 1.807) is 35.1 Å². The molecule has 1 amide bonds. The zero-order chi connectivity index (χ0) is 19.7. The van der Waals surface area contributed by atoms with Crippen molar-refractivity contribution in [2.75, 3.05) is 5.75 Å². The summed E-state index contributed by atoms with van der Waals surface area (Å²) in [7, 11) is -1.47. The number of carbonyl (C=O) groups excluding carboxylic acids is 1. The molecule has 3 aromatic rings. The minimum Gasteiger partial charge on any atom is -0.345 e. The van der Waals surface area contributed by atoms with Gasteiger partial charge in [0.15, 0.2) is 9.84 Å². The number of rotatable bonds is 4.